The number of aromatic nitrogens is 2. The standard InChI is InChI=1S/C29H32FN3O4/c1-17(2)27-26(29(36)31-24-12-9-18-5-3-4-6-23(18)24)32-28(19-7-10-20(30)11-8-19)33(27)14-13-22-15-21(34)16-25(35)37-22/h3-8,10-11,17,21-22,24,34H,9,12-16H2,1-2H3,(H,31,36)/t21-,22-,24?/m1/s1. The van der Waals surface area contributed by atoms with Crippen molar-refractivity contribution >= 4 is 11.9 Å². The molecule has 3 aromatic rings. The number of esters is 1. The second-order valence-electron chi connectivity index (χ2n) is 10.2. The molecule has 2 heterocycles. The number of nitrogens with one attached hydrogen (secondary N) is 1. The van der Waals surface area contributed by atoms with Crippen molar-refractivity contribution in [1.29, 1.82) is 0 Å². The molecule has 0 bridgehead atoms. The number of hydrogen-bond acceptors (Lipinski definition) is 5. The van der Waals surface area contributed by atoms with Crippen molar-refractivity contribution in [2.24, 2.45) is 0 Å². The van der Waals surface area contributed by atoms with Crippen LogP contribution in [0.15, 0.2) is 48.5 Å². The fraction of sp³-hybridized carbons (Fsp3) is 0.414. The second-order valence-corrected chi connectivity index (χ2v) is 10.2. The number of fused-ring (bicyclic) bond motifs is 1. The van der Waals surface area contributed by atoms with Gasteiger partial charge in [-0.1, -0.05) is 38.1 Å². The molecule has 2 aromatic carbocycles. The first kappa shape index (κ1) is 25.1. The van der Waals surface area contributed by atoms with E-state index in [1.807, 2.05) is 30.5 Å². The number of amides is 1. The number of hydrogen-bond donors (Lipinski definition) is 2. The Balaban J connectivity index is 1.48. The molecule has 1 aliphatic heterocycles. The summed E-state index contributed by atoms with van der Waals surface area (Å²) in [6, 6.07) is 14.1. The van der Waals surface area contributed by atoms with Gasteiger partial charge in [-0.15, -0.1) is 0 Å². The first-order valence-electron chi connectivity index (χ1n) is 12.9. The van der Waals surface area contributed by atoms with Crippen LogP contribution in [0.5, 0.6) is 0 Å². The highest BCUT2D eigenvalue weighted by molar-refractivity contribution is 5.95. The molecule has 3 atom stereocenters. The first-order chi connectivity index (χ1) is 17.8. The van der Waals surface area contributed by atoms with Gasteiger partial charge in [0.1, 0.15) is 23.4 Å². The Morgan fingerprint density at radius 1 is 1.22 bits per heavy atom. The van der Waals surface area contributed by atoms with Gasteiger partial charge >= 0.3 is 5.97 Å². The molecule has 1 amide bonds. The summed E-state index contributed by atoms with van der Waals surface area (Å²) in [5.41, 5.74) is 4.19. The summed E-state index contributed by atoms with van der Waals surface area (Å²) in [6.07, 6.45) is 1.45. The van der Waals surface area contributed by atoms with Gasteiger partial charge in [0.15, 0.2) is 0 Å². The third kappa shape index (κ3) is 5.30. The lowest BCUT2D eigenvalue weighted by atomic mass is 10.0. The second kappa shape index (κ2) is 10.5. The van der Waals surface area contributed by atoms with E-state index in [-0.39, 0.29) is 30.1 Å². The Morgan fingerprint density at radius 2 is 1.97 bits per heavy atom. The van der Waals surface area contributed by atoms with E-state index in [0.717, 1.165) is 24.1 Å². The van der Waals surface area contributed by atoms with Gasteiger partial charge in [-0.25, -0.2) is 9.37 Å². The highest BCUT2D eigenvalue weighted by Gasteiger charge is 2.31. The van der Waals surface area contributed by atoms with Crippen molar-refractivity contribution in [2.75, 3.05) is 0 Å². The fourth-order valence-corrected chi connectivity index (χ4v) is 5.51. The summed E-state index contributed by atoms with van der Waals surface area (Å²) in [5, 5.41) is 13.2. The van der Waals surface area contributed by atoms with Gasteiger partial charge in [0.05, 0.1) is 24.3 Å². The Morgan fingerprint density at radius 3 is 2.70 bits per heavy atom. The average molecular weight is 506 g/mol. The molecule has 1 aromatic heterocycles. The molecular weight excluding hydrogens is 473 g/mol. The summed E-state index contributed by atoms with van der Waals surface area (Å²) >= 11 is 0. The molecule has 0 spiro atoms. The van der Waals surface area contributed by atoms with Crippen LogP contribution in [-0.4, -0.2) is 38.7 Å². The zero-order chi connectivity index (χ0) is 26.1. The summed E-state index contributed by atoms with van der Waals surface area (Å²) < 4.78 is 21.1. The maximum atomic E-state index is 13.7. The Bertz CT molecular complexity index is 1300. The van der Waals surface area contributed by atoms with Crippen LogP contribution in [0.2, 0.25) is 0 Å². The van der Waals surface area contributed by atoms with Crippen LogP contribution in [-0.2, 0) is 22.5 Å². The molecule has 1 aliphatic carbocycles. The number of ether oxygens (including phenoxy) is 1. The minimum atomic E-state index is -0.717. The molecule has 1 unspecified atom stereocenters. The van der Waals surface area contributed by atoms with Gasteiger partial charge < -0.3 is 19.7 Å². The zero-order valence-corrected chi connectivity index (χ0v) is 21.1. The lowest BCUT2D eigenvalue weighted by molar-refractivity contribution is -0.160. The van der Waals surface area contributed by atoms with Gasteiger partial charge in [-0.3, -0.25) is 9.59 Å². The maximum absolute atomic E-state index is 13.7. The summed E-state index contributed by atoms with van der Waals surface area (Å²) in [6.45, 7) is 4.44. The van der Waals surface area contributed by atoms with E-state index < -0.39 is 18.2 Å². The molecule has 1 saturated heterocycles. The number of carbonyl (C=O) groups is 2. The molecule has 1 fully saturated rings. The smallest absolute Gasteiger partial charge is 0.308 e. The van der Waals surface area contributed by atoms with E-state index in [1.54, 1.807) is 12.1 Å². The predicted molar refractivity (Wildman–Crippen MR) is 136 cm³/mol. The van der Waals surface area contributed by atoms with Crippen LogP contribution in [0.4, 0.5) is 4.39 Å². The number of aryl methyl sites for hydroxylation is 1. The quantitative estimate of drug-likeness (QED) is 0.455. The van der Waals surface area contributed by atoms with E-state index in [9.17, 15) is 19.1 Å². The summed E-state index contributed by atoms with van der Waals surface area (Å²) in [7, 11) is 0. The minimum absolute atomic E-state index is 0.00820. The molecule has 2 aliphatic rings. The molecule has 8 heteroatoms. The van der Waals surface area contributed by atoms with E-state index >= 15 is 0 Å². The van der Waals surface area contributed by atoms with Crippen LogP contribution in [0.25, 0.3) is 11.4 Å². The van der Waals surface area contributed by atoms with Gasteiger partial charge in [0.2, 0.25) is 0 Å². The van der Waals surface area contributed by atoms with Crippen LogP contribution in [0.1, 0.15) is 78.8 Å². The van der Waals surface area contributed by atoms with Gasteiger partial charge in [0, 0.05) is 24.9 Å². The highest BCUT2D eigenvalue weighted by atomic mass is 19.1. The van der Waals surface area contributed by atoms with Crippen molar-refractivity contribution < 1.29 is 23.8 Å². The third-order valence-electron chi connectivity index (χ3n) is 7.22. The zero-order valence-electron chi connectivity index (χ0n) is 21.1. The van der Waals surface area contributed by atoms with Gasteiger partial charge in [0.25, 0.3) is 5.91 Å². The SMILES string of the molecule is CC(C)c1c(C(=O)NC2CCc3ccccc32)nc(-c2ccc(F)cc2)n1CC[C@@H]1C[C@@H](O)CC(=O)O1. The van der Waals surface area contributed by atoms with E-state index in [4.69, 9.17) is 9.72 Å². The van der Waals surface area contributed by atoms with Crippen molar-refractivity contribution in [2.45, 2.75) is 76.7 Å². The number of imidazole rings is 1. The maximum Gasteiger partial charge on any atom is 0.308 e. The largest absolute Gasteiger partial charge is 0.462 e. The topological polar surface area (TPSA) is 93.5 Å². The molecule has 194 valence electrons. The summed E-state index contributed by atoms with van der Waals surface area (Å²) in [4.78, 5) is 30.3. The lowest BCUT2D eigenvalue weighted by Crippen LogP contribution is -2.33. The highest BCUT2D eigenvalue weighted by Crippen LogP contribution is 2.33. The molecule has 2 N–H and O–H groups in total. The Kier molecular flexibility index (Phi) is 7.11. The fourth-order valence-electron chi connectivity index (χ4n) is 5.51. The number of carbonyl (C=O) groups excluding carboxylic acids is 2. The van der Waals surface area contributed by atoms with Crippen LogP contribution < -0.4 is 5.32 Å². The normalized spacial score (nSPS) is 21.1. The molecule has 0 radical (unpaired) electrons. The first-order valence-corrected chi connectivity index (χ1v) is 12.9. The van der Waals surface area contributed by atoms with Crippen LogP contribution >= 0.6 is 0 Å². The van der Waals surface area contributed by atoms with E-state index in [0.29, 0.717) is 36.5 Å². The lowest BCUT2D eigenvalue weighted by Gasteiger charge is -2.26. The molecule has 5 rings (SSSR count). The van der Waals surface area contributed by atoms with Crippen LogP contribution in [0, 0.1) is 5.82 Å². The predicted octanol–water partition coefficient (Wildman–Crippen LogP) is 4.69. The van der Waals surface area contributed by atoms with Crippen molar-refractivity contribution in [3.8, 4) is 11.4 Å². The number of nitrogens with zero attached hydrogens (tertiary/aromatic N) is 2. The number of halogens is 1. The monoisotopic (exact) mass is 505 g/mol. The van der Waals surface area contributed by atoms with E-state index in [1.165, 1.54) is 17.7 Å². The number of aliphatic hydroxyl groups is 1. The number of aliphatic hydroxyl groups excluding tert-OH is 1. The Hall–Kier alpha value is -3.52. The third-order valence-corrected chi connectivity index (χ3v) is 7.22. The van der Waals surface area contributed by atoms with Crippen molar-refractivity contribution in [1.82, 2.24) is 14.9 Å². The number of cyclic esters (lactones) is 1. The number of rotatable bonds is 7. The van der Waals surface area contributed by atoms with Crippen molar-refractivity contribution in [3.63, 3.8) is 0 Å². The molecule has 0 saturated carbocycles. The van der Waals surface area contributed by atoms with Gasteiger partial charge in [-0.2, -0.15) is 0 Å². The van der Waals surface area contributed by atoms with E-state index in [2.05, 4.69) is 17.4 Å². The summed E-state index contributed by atoms with van der Waals surface area (Å²) in [5.74, 6) is -0.478. The van der Waals surface area contributed by atoms with Crippen LogP contribution in [0.3, 0.4) is 0 Å². The molecule has 7 nitrogen and oxygen atoms in total. The number of benzene rings is 2. The molecule has 37 heavy (non-hydrogen) atoms. The minimum Gasteiger partial charge on any atom is -0.462 e. The molecular formula is C29H32FN3O4. The average Bonchev–Trinajstić information content (AvgIpc) is 3.45. The Labute approximate surface area is 215 Å². The van der Waals surface area contributed by atoms with Gasteiger partial charge in [-0.05, 0) is 54.2 Å². The van der Waals surface area contributed by atoms with Crippen molar-refractivity contribution in [3.05, 3.63) is 76.9 Å².